The monoisotopic (exact) mass is 378 g/mol. The van der Waals surface area contributed by atoms with Crippen molar-refractivity contribution in [1.82, 2.24) is 10.2 Å². The Morgan fingerprint density at radius 2 is 1.85 bits per heavy atom. The number of likely N-dealkylation sites (tertiary alicyclic amines) is 1. The molecular formula is C20H30N2O5. The summed E-state index contributed by atoms with van der Waals surface area (Å²) in [7, 11) is 3.21. The molecule has 0 unspecified atom stereocenters. The second-order valence-electron chi connectivity index (χ2n) is 6.59. The van der Waals surface area contributed by atoms with Crippen LogP contribution in [0, 0.1) is 5.92 Å². The van der Waals surface area contributed by atoms with E-state index >= 15 is 0 Å². The van der Waals surface area contributed by atoms with Gasteiger partial charge >= 0.3 is 5.97 Å². The van der Waals surface area contributed by atoms with E-state index in [4.69, 9.17) is 14.2 Å². The highest BCUT2D eigenvalue weighted by molar-refractivity contribution is 5.78. The first-order valence-corrected chi connectivity index (χ1v) is 9.44. The fourth-order valence-electron chi connectivity index (χ4n) is 3.23. The maximum atomic E-state index is 12.2. The maximum Gasteiger partial charge on any atom is 0.309 e. The van der Waals surface area contributed by atoms with E-state index in [2.05, 4.69) is 10.2 Å². The van der Waals surface area contributed by atoms with Gasteiger partial charge in [-0.15, -0.1) is 0 Å². The van der Waals surface area contributed by atoms with Crippen molar-refractivity contribution in [2.45, 2.75) is 26.2 Å². The molecule has 0 aromatic heterocycles. The number of hydrogen-bond acceptors (Lipinski definition) is 6. The minimum absolute atomic E-state index is 0.00469. The largest absolute Gasteiger partial charge is 0.493 e. The molecule has 1 aromatic rings. The van der Waals surface area contributed by atoms with E-state index in [-0.39, 0.29) is 17.8 Å². The highest BCUT2D eigenvalue weighted by Gasteiger charge is 2.26. The molecule has 0 radical (unpaired) electrons. The number of carbonyl (C=O) groups excluding carboxylic acids is 2. The molecule has 7 heteroatoms. The number of hydrogen-bond donors (Lipinski definition) is 1. The molecule has 1 aliphatic heterocycles. The summed E-state index contributed by atoms with van der Waals surface area (Å²) in [5, 5.41) is 2.95. The molecule has 0 bridgehead atoms. The van der Waals surface area contributed by atoms with Crippen molar-refractivity contribution in [2.75, 3.05) is 47.0 Å². The van der Waals surface area contributed by atoms with E-state index in [0.717, 1.165) is 37.9 Å². The summed E-state index contributed by atoms with van der Waals surface area (Å²) in [4.78, 5) is 26.0. The standard InChI is InChI=1S/C20H30N2O5/c1-4-27-20(24)16-8-11-22(12-9-16)14-19(23)21-10-7-15-5-6-17(25-2)18(13-15)26-3/h5-6,13,16H,4,7-12,14H2,1-3H3,(H,21,23). The second kappa shape index (κ2) is 10.8. The molecule has 150 valence electrons. The van der Waals surface area contributed by atoms with E-state index in [1.165, 1.54) is 0 Å². The number of ether oxygens (including phenoxy) is 3. The van der Waals surface area contributed by atoms with Gasteiger partial charge in [-0.05, 0) is 57.0 Å². The summed E-state index contributed by atoms with van der Waals surface area (Å²) in [6.07, 6.45) is 2.21. The highest BCUT2D eigenvalue weighted by Crippen LogP contribution is 2.27. The maximum absolute atomic E-state index is 12.2. The van der Waals surface area contributed by atoms with Crippen LogP contribution in [0.3, 0.4) is 0 Å². The lowest BCUT2D eigenvalue weighted by Crippen LogP contribution is -2.43. The lowest BCUT2D eigenvalue weighted by Gasteiger charge is -2.30. The third-order valence-corrected chi connectivity index (χ3v) is 4.76. The Balaban J connectivity index is 1.69. The first kappa shape index (κ1) is 21.0. The Kier molecular flexibility index (Phi) is 8.39. The highest BCUT2D eigenvalue weighted by atomic mass is 16.5. The average molecular weight is 378 g/mol. The van der Waals surface area contributed by atoms with Crippen LogP contribution in [0.5, 0.6) is 11.5 Å². The number of methoxy groups -OCH3 is 2. The Labute approximate surface area is 161 Å². The molecule has 0 saturated carbocycles. The molecule has 27 heavy (non-hydrogen) atoms. The molecule has 1 amide bonds. The summed E-state index contributed by atoms with van der Waals surface area (Å²) < 4.78 is 15.6. The molecule has 7 nitrogen and oxygen atoms in total. The van der Waals surface area contributed by atoms with Gasteiger partial charge in [0.25, 0.3) is 0 Å². The SMILES string of the molecule is CCOC(=O)C1CCN(CC(=O)NCCc2ccc(OC)c(OC)c2)CC1. The zero-order valence-corrected chi connectivity index (χ0v) is 16.5. The van der Waals surface area contributed by atoms with Gasteiger partial charge in [-0.2, -0.15) is 0 Å². The van der Waals surface area contributed by atoms with E-state index in [1.54, 1.807) is 14.2 Å². The number of nitrogens with zero attached hydrogens (tertiary/aromatic N) is 1. The van der Waals surface area contributed by atoms with Crippen LogP contribution in [0.2, 0.25) is 0 Å². The van der Waals surface area contributed by atoms with Crippen molar-refractivity contribution in [2.24, 2.45) is 5.92 Å². The molecule has 0 atom stereocenters. The molecule has 0 aliphatic carbocycles. The first-order chi connectivity index (χ1) is 13.1. The first-order valence-electron chi connectivity index (χ1n) is 9.44. The van der Waals surface area contributed by atoms with Crippen LogP contribution in [0.25, 0.3) is 0 Å². The molecular weight excluding hydrogens is 348 g/mol. The van der Waals surface area contributed by atoms with Gasteiger partial charge in [0.15, 0.2) is 11.5 Å². The molecule has 1 aliphatic rings. The number of amides is 1. The van der Waals surface area contributed by atoms with Gasteiger partial charge in [-0.25, -0.2) is 0 Å². The Hall–Kier alpha value is -2.28. The second-order valence-corrected chi connectivity index (χ2v) is 6.59. The van der Waals surface area contributed by atoms with Crippen molar-refractivity contribution in [3.8, 4) is 11.5 Å². The summed E-state index contributed by atoms with van der Waals surface area (Å²) in [5.41, 5.74) is 1.07. The molecule has 1 heterocycles. The Bertz CT molecular complexity index is 627. The Morgan fingerprint density at radius 3 is 2.48 bits per heavy atom. The Morgan fingerprint density at radius 1 is 1.15 bits per heavy atom. The predicted octanol–water partition coefficient (Wildman–Crippen LogP) is 1.64. The quantitative estimate of drug-likeness (QED) is 0.659. The summed E-state index contributed by atoms with van der Waals surface area (Å²) in [6.45, 7) is 4.65. The van der Waals surface area contributed by atoms with Crippen LogP contribution in [-0.4, -0.2) is 63.8 Å². The van der Waals surface area contributed by atoms with Gasteiger partial charge in [0.05, 0.1) is 33.3 Å². The molecule has 0 spiro atoms. The summed E-state index contributed by atoms with van der Waals surface area (Å²) >= 11 is 0. The van der Waals surface area contributed by atoms with Gasteiger partial charge in [0.2, 0.25) is 5.91 Å². The number of piperidine rings is 1. The molecule has 1 aromatic carbocycles. The van der Waals surface area contributed by atoms with Gasteiger partial charge < -0.3 is 19.5 Å². The van der Waals surface area contributed by atoms with Crippen LogP contribution in [0.1, 0.15) is 25.3 Å². The van der Waals surface area contributed by atoms with Gasteiger partial charge in [0.1, 0.15) is 0 Å². The van der Waals surface area contributed by atoms with E-state index in [9.17, 15) is 9.59 Å². The summed E-state index contributed by atoms with van der Waals surface area (Å²) in [6, 6.07) is 5.75. The minimum Gasteiger partial charge on any atom is -0.493 e. The number of rotatable bonds is 9. The fraction of sp³-hybridized carbons (Fsp3) is 0.600. The smallest absolute Gasteiger partial charge is 0.309 e. The molecule has 1 N–H and O–H groups in total. The normalized spacial score (nSPS) is 15.2. The zero-order chi connectivity index (χ0) is 19.6. The lowest BCUT2D eigenvalue weighted by molar-refractivity contribution is -0.149. The third-order valence-electron chi connectivity index (χ3n) is 4.76. The van der Waals surface area contributed by atoms with Crippen molar-refractivity contribution in [3.63, 3.8) is 0 Å². The van der Waals surface area contributed by atoms with E-state index in [0.29, 0.717) is 31.2 Å². The summed E-state index contributed by atoms with van der Waals surface area (Å²) in [5.74, 6) is 1.23. The van der Waals surface area contributed by atoms with Crippen molar-refractivity contribution < 1.29 is 23.8 Å². The van der Waals surface area contributed by atoms with Crippen molar-refractivity contribution in [1.29, 1.82) is 0 Å². The fourth-order valence-corrected chi connectivity index (χ4v) is 3.23. The van der Waals surface area contributed by atoms with E-state index in [1.807, 2.05) is 25.1 Å². The molecule has 2 rings (SSSR count). The number of benzene rings is 1. The van der Waals surface area contributed by atoms with E-state index < -0.39 is 0 Å². The third kappa shape index (κ3) is 6.43. The van der Waals surface area contributed by atoms with Gasteiger partial charge in [-0.3, -0.25) is 14.5 Å². The van der Waals surface area contributed by atoms with Gasteiger partial charge in [-0.1, -0.05) is 6.07 Å². The van der Waals surface area contributed by atoms with Crippen LogP contribution in [-0.2, 0) is 20.7 Å². The number of esters is 1. The van der Waals surface area contributed by atoms with Crippen molar-refractivity contribution in [3.05, 3.63) is 23.8 Å². The average Bonchev–Trinajstić information content (AvgIpc) is 2.68. The van der Waals surface area contributed by atoms with Gasteiger partial charge in [0, 0.05) is 6.54 Å². The van der Waals surface area contributed by atoms with Crippen LogP contribution in [0.4, 0.5) is 0 Å². The number of nitrogens with one attached hydrogen (secondary N) is 1. The zero-order valence-electron chi connectivity index (χ0n) is 16.5. The van der Waals surface area contributed by atoms with Crippen LogP contribution in [0.15, 0.2) is 18.2 Å². The minimum atomic E-state index is -0.114. The van der Waals surface area contributed by atoms with Crippen molar-refractivity contribution >= 4 is 11.9 Å². The topological polar surface area (TPSA) is 77.1 Å². The van der Waals surface area contributed by atoms with Crippen LogP contribution >= 0.6 is 0 Å². The lowest BCUT2D eigenvalue weighted by atomic mass is 9.97. The number of carbonyl (C=O) groups is 2. The molecule has 1 saturated heterocycles. The van der Waals surface area contributed by atoms with Crippen LogP contribution < -0.4 is 14.8 Å². The molecule has 1 fully saturated rings. The predicted molar refractivity (Wildman–Crippen MR) is 102 cm³/mol.